The standard InChI is InChI=1S/C19H22N4O3/c24-17-8-13-4-3-6-15(13)20-23(17)11-12-9-22(10-12)19(25)18-14-5-1-2-7-16(14)26-21-18/h8,12H,1-7,9-11H2. The second-order valence-electron chi connectivity index (χ2n) is 7.71. The minimum Gasteiger partial charge on any atom is -0.360 e. The zero-order valence-electron chi connectivity index (χ0n) is 14.7. The lowest BCUT2D eigenvalue weighted by Gasteiger charge is -2.38. The summed E-state index contributed by atoms with van der Waals surface area (Å²) in [5, 5.41) is 8.55. The molecule has 26 heavy (non-hydrogen) atoms. The quantitative estimate of drug-likeness (QED) is 0.832. The van der Waals surface area contributed by atoms with Crippen LogP contribution in [0.15, 0.2) is 15.4 Å². The molecule has 5 rings (SSSR count). The molecule has 2 aromatic rings. The third kappa shape index (κ3) is 2.57. The van der Waals surface area contributed by atoms with Crippen LogP contribution in [-0.4, -0.2) is 38.8 Å². The van der Waals surface area contributed by atoms with Gasteiger partial charge in [-0.15, -0.1) is 0 Å². The molecule has 1 saturated heterocycles. The molecule has 0 unspecified atom stereocenters. The average molecular weight is 354 g/mol. The van der Waals surface area contributed by atoms with Gasteiger partial charge in [-0.3, -0.25) is 9.59 Å². The Morgan fingerprint density at radius 2 is 2.00 bits per heavy atom. The van der Waals surface area contributed by atoms with Gasteiger partial charge in [-0.1, -0.05) is 5.16 Å². The molecule has 0 aromatic carbocycles. The largest absolute Gasteiger partial charge is 0.360 e. The van der Waals surface area contributed by atoms with E-state index in [4.69, 9.17) is 4.52 Å². The molecule has 2 aromatic heterocycles. The third-order valence-electron chi connectivity index (χ3n) is 5.85. The molecule has 1 amide bonds. The van der Waals surface area contributed by atoms with Gasteiger partial charge >= 0.3 is 0 Å². The molecule has 3 aliphatic rings. The summed E-state index contributed by atoms with van der Waals surface area (Å²) in [5.74, 6) is 1.11. The summed E-state index contributed by atoms with van der Waals surface area (Å²) < 4.78 is 6.93. The monoisotopic (exact) mass is 354 g/mol. The van der Waals surface area contributed by atoms with Crippen molar-refractivity contribution in [3.8, 4) is 0 Å². The van der Waals surface area contributed by atoms with Crippen molar-refractivity contribution >= 4 is 5.91 Å². The van der Waals surface area contributed by atoms with E-state index in [2.05, 4.69) is 10.3 Å². The predicted octanol–water partition coefficient (Wildman–Crippen LogP) is 1.37. The molecule has 1 fully saturated rings. The van der Waals surface area contributed by atoms with Crippen molar-refractivity contribution in [1.82, 2.24) is 19.8 Å². The summed E-state index contributed by atoms with van der Waals surface area (Å²) in [5.41, 5.74) is 3.63. The molecule has 1 aliphatic heterocycles. The normalized spacial score (nSPS) is 19.2. The minimum absolute atomic E-state index is 0.0269. The molecule has 0 radical (unpaired) electrons. The summed E-state index contributed by atoms with van der Waals surface area (Å²) >= 11 is 0. The van der Waals surface area contributed by atoms with Gasteiger partial charge in [0, 0.05) is 37.1 Å². The van der Waals surface area contributed by atoms with Crippen LogP contribution < -0.4 is 5.56 Å². The van der Waals surface area contributed by atoms with Gasteiger partial charge < -0.3 is 9.42 Å². The number of likely N-dealkylation sites (tertiary alicyclic amines) is 1. The number of hydrogen-bond acceptors (Lipinski definition) is 5. The van der Waals surface area contributed by atoms with Gasteiger partial charge in [0.15, 0.2) is 5.69 Å². The number of carbonyl (C=O) groups excluding carboxylic acids is 1. The molecule has 7 nitrogen and oxygen atoms in total. The van der Waals surface area contributed by atoms with Crippen LogP contribution in [0.3, 0.4) is 0 Å². The molecule has 0 spiro atoms. The first-order valence-corrected chi connectivity index (χ1v) is 9.55. The number of rotatable bonds is 3. The number of amides is 1. The van der Waals surface area contributed by atoms with Crippen LogP contribution in [0.25, 0.3) is 0 Å². The summed E-state index contributed by atoms with van der Waals surface area (Å²) in [7, 11) is 0. The van der Waals surface area contributed by atoms with Crippen LogP contribution >= 0.6 is 0 Å². The number of hydrogen-bond donors (Lipinski definition) is 0. The average Bonchev–Trinajstić information content (AvgIpc) is 3.23. The Kier molecular flexibility index (Phi) is 3.69. The first kappa shape index (κ1) is 15.8. The van der Waals surface area contributed by atoms with Gasteiger partial charge in [0.1, 0.15) is 5.76 Å². The van der Waals surface area contributed by atoms with E-state index in [1.807, 2.05) is 0 Å². The number of aromatic nitrogens is 3. The van der Waals surface area contributed by atoms with Gasteiger partial charge in [0.2, 0.25) is 0 Å². The Hall–Kier alpha value is -2.44. The van der Waals surface area contributed by atoms with Gasteiger partial charge in [0.05, 0.1) is 12.2 Å². The highest BCUT2D eigenvalue weighted by molar-refractivity contribution is 5.94. The predicted molar refractivity (Wildman–Crippen MR) is 93.1 cm³/mol. The molecular weight excluding hydrogens is 332 g/mol. The van der Waals surface area contributed by atoms with E-state index in [-0.39, 0.29) is 17.4 Å². The van der Waals surface area contributed by atoms with E-state index in [1.165, 1.54) is 0 Å². The minimum atomic E-state index is -0.0394. The number of nitrogens with zero attached hydrogens (tertiary/aromatic N) is 4. The fraction of sp³-hybridized carbons (Fsp3) is 0.579. The van der Waals surface area contributed by atoms with Crippen LogP contribution in [0.1, 0.15) is 52.3 Å². The summed E-state index contributed by atoms with van der Waals surface area (Å²) in [6, 6.07) is 1.73. The van der Waals surface area contributed by atoms with Gasteiger partial charge in [-0.2, -0.15) is 5.10 Å². The fourth-order valence-electron chi connectivity index (χ4n) is 4.37. The third-order valence-corrected chi connectivity index (χ3v) is 5.85. The Morgan fingerprint density at radius 3 is 2.88 bits per heavy atom. The number of aryl methyl sites for hydroxylation is 3. The molecule has 0 bridgehead atoms. The maximum absolute atomic E-state index is 12.7. The van der Waals surface area contributed by atoms with Crippen molar-refractivity contribution < 1.29 is 9.32 Å². The fourth-order valence-corrected chi connectivity index (χ4v) is 4.37. The lowest BCUT2D eigenvalue weighted by molar-refractivity contribution is 0.0447. The summed E-state index contributed by atoms with van der Waals surface area (Å²) in [4.78, 5) is 26.7. The highest BCUT2D eigenvalue weighted by atomic mass is 16.5. The summed E-state index contributed by atoms with van der Waals surface area (Å²) in [6.07, 6.45) is 6.96. The second-order valence-corrected chi connectivity index (χ2v) is 7.71. The SMILES string of the molecule is O=C(c1noc2c1CCCC2)N1CC(Cn2nc3c(cc2=O)CCC3)C1. The maximum atomic E-state index is 12.7. The Labute approximate surface area is 151 Å². The molecule has 7 heteroatoms. The van der Waals surface area contributed by atoms with Crippen LogP contribution in [0, 0.1) is 5.92 Å². The topological polar surface area (TPSA) is 81.2 Å². The molecular formula is C19H22N4O3. The highest BCUT2D eigenvalue weighted by Crippen LogP contribution is 2.27. The van der Waals surface area contributed by atoms with Crippen molar-refractivity contribution in [2.45, 2.75) is 51.5 Å². The maximum Gasteiger partial charge on any atom is 0.276 e. The zero-order chi connectivity index (χ0) is 17.7. The molecule has 0 atom stereocenters. The van der Waals surface area contributed by atoms with Gasteiger partial charge in [-0.05, 0) is 44.1 Å². The molecule has 0 saturated carbocycles. The van der Waals surface area contributed by atoms with E-state index in [1.54, 1.807) is 15.6 Å². The molecule has 3 heterocycles. The van der Waals surface area contributed by atoms with Crippen LogP contribution in [0.5, 0.6) is 0 Å². The Balaban J connectivity index is 1.25. The van der Waals surface area contributed by atoms with E-state index in [0.29, 0.717) is 25.3 Å². The van der Waals surface area contributed by atoms with Gasteiger partial charge in [0.25, 0.3) is 11.5 Å². The molecule has 2 aliphatic carbocycles. The first-order valence-electron chi connectivity index (χ1n) is 9.55. The van der Waals surface area contributed by atoms with Crippen molar-refractivity contribution in [1.29, 1.82) is 0 Å². The van der Waals surface area contributed by atoms with Gasteiger partial charge in [-0.25, -0.2) is 4.68 Å². The van der Waals surface area contributed by atoms with E-state index >= 15 is 0 Å². The number of carbonyl (C=O) groups is 1. The van der Waals surface area contributed by atoms with E-state index < -0.39 is 0 Å². The zero-order valence-corrected chi connectivity index (χ0v) is 14.7. The van der Waals surface area contributed by atoms with E-state index in [9.17, 15) is 9.59 Å². The first-order chi connectivity index (χ1) is 12.7. The highest BCUT2D eigenvalue weighted by Gasteiger charge is 2.35. The Bertz CT molecular complexity index is 923. The van der Waals surface area contributed by atoms with Crippen molar-refractivity contribution in [3.63, 3.8) is 0 Å². The van der Waals surface area contributed by atoms with Crippen molar-refractivity contribution in [3.05, 3.63) is 44.7 Å². The molecule has 0 N–H and O–H groups in total. The van der Waals surface area contributed by atoms with Crippen molar-refractivity contribution in [2.24, 2.45) is 5.92 Å². The Morgan fingerprint density at radius 1 is 1.15 bits per heavy atom. The summed E-state index contributed by atoms with van der Waals surface area (Å²) in [6.45, 7) is 1.87. The number of fused-ring (bicyclic) bond motifs is 2. The lowest BCUT2D eigenvalue weighted by Crippen LogP contribution is -2.52. The second kappa shape index (κ2) is 6.07. The molecule has 136 valence electrons. The van der Waals surface area contributed by atoms with Crippen LogP contribution in [0.2, 0.25) is 0 Å². The van der Waals surface area contributed by atoms with Crippen LogP contribution in [0.4, 0.5) is 0 Å². The van der Waals surface area contributed by atoms with Crippen molar-refractivity contribution in [2.75, 3.05) is 13.1 Å². The smallest absolute Gasteiger partial charge is 0.276 e. The van der Waals surface area contributed by atoms with Crippen LogP contribution in [-0.2, 0) is 32.2 Å². The lowest BCUT2D eigenvalue weighted by atomic mass is 9.94. The van der Waals surface area contributed by atoms with E-state index in [0.717, 1.165) is 67.5 Å².